The predicted molar refractivity (Wildman–Crippen MR) is 165 cm³/mol. The maximum Gasteiger partial charge on any atom is 0.264 e. The number of sulfonamides is 1. The molecule has 0 aromatic heterocycles. The molecule has 0 saturated heterocycles. The van der Waals surface area contributed by atoms with Crippen molar-refractivity contribution in [3.05, 3.63) is 95.1 Å². The molecule has 2 amide bonds. The van der Waals surface area contributed by atoms with Crippen molar-refractivity contribution in [3.8, 4) is 0 Å². The molecule has 0 heterocycles. The number of carbonyl (C=O) groups excluding carboxylic acids is 2. The predicted octanol–water partition coefficient (Wildman–Crippen LogP) is 5.57. The molecule has 0 spiro atoms. The van der Waals surface area contributed by atoms with Crippen LogP contribution in [0.4, 0.5) is 5.69 Å². The third kappa shape index (κ3) is 8.19. The lowest BCUT2D eigenvalue weighted by atomic mass is 10.1. The highest BCUT2D eigenvalue weighted by Crippen LogP contribution is 2.29. The van der Waals surface area contributed by atoms with Gasteiger partial charge in [0.25, 0.3) is 10.0 Å². The summed E-state index contributed by atoms with van der Waals surface area (Å²) < 4.78 is 29.3. The highest BCUT2D eigenvalue weighted by molar-refractivity contribution is 7.92. The Morgan fingerprint density at radius 2 is 1.56 bits per heavy atom. The van der Waals surface area contributed by atoms with Gasteiger partial charge in [-0.05, 0) is 74.9 Å². The molecule has 3 aromatic carbocycles. The van der Waals surface area contributed by atoms with Crippen molar-refractivity contribution in [2.24, 2.45) is 0 Å². The van der Waals surface area contributed by atoms with Crippen LogP contribution in [0.5, 0.6) is 0 Å². The van der Waals surface area contributed by atoms with Crippen LogP contribution in [0.15, 0.2) is 77.7 Å². The minimum Gasteiger partial charge on any atom is -0.354 e. The Labute approximate surface area is 245 Å². The van der Waals surface area contributed by atoms with Gasteiger partial charge >= 0.3 is 0 Å². The number of nitrogens with zero attached hydrogens (tertiary/aromatic N) is 2. The lowest BCUT2D eigenvalue weighted by Gasteiger charge is -2.33. The molecule has 0 fully saturated rings. The molecule has 0 bridgehead atoms. The second kappa shape index (κ2) is 14.8. The molecule has 7 nitrogen and oxygen atoms in total. The Morgan fingerprint density at radius 1 is 0.878 bits per heavy atom. The van der Waals surface area contributed by atoms with Crippen LogP contribution in [-0.4, -0.2) is 50.8 Å². The van der Waals surface area contributed by atoms with Crippen LogP contribution >= 0.6 is 0 Å². The van der Waals surface area contributed by atoms with Gasteiger partial charge in [0.15, 0.2) is 0 Å². The zero-order valence-corrected chi connectivity index (χ0v) is 25.7. The highest BCUT2D eigenvalue weighted by atomic mass is 32.2. The number of amides is 2. The van der Waals surface area contributed by atoms with Crippen LogP contribution in [0.3, 0.4) is 0 Å². The Bertz CT molecular complexity index is 1410. The van der Waals surface area contributed by atoms with Gasteiger partial charge in [-0.1, -0.05) is 80.4 Å². The average molecular weight is 578 g/mol. The zero-order valence-electron chi connectivity index (χ0n) is 24.9. The van der Waals surface area contributed by atoms with E-state index in [4.69, 9.17) is 0 Å². The Morgan fingerprint density at radius 3 is 2.20 bits per heavy atom. The molecule has 0 aliphatic heterocycles. The van der Waals surface area contributed by atoms with E-state index in [1.54, 1.807) is 41.3 Å². The van der Waals surface area contributed by atoms with Crippen LogP contribution in [0.2, 0.25) is 0 Å². The highest BCUT2D eigenvalue weighted by Gasteiger charge is 2.34. The number of anilines is 1. The lowest BCUT2D eigenvalue weighted by molar-refractivity contribution is -0.139. The molecule has 0 radical (unpaired) electrons. The molecule has 1 unspecified atom stereocenters. The van der Waals surface area contributed by atoms with Crippen LogP contribution in [-0.2, 0) is 26.0 Å². The summed E-state index contributed by atoms with van der Waals surface area (Å²) in [6.07, 6.45) is 2.73. The summed E-state index contributed by atoms with van der Waals surface area (Å²) >= 11 is 0. The number of hydrogen-bond donors (Lipinski definition) is 1. The average Bonchev–Trinajstić information content (AvgIpc) is 2.96. The van der Waals surface area contributed by atoms with Crippen LogP contribution in [0, 0.1) is 20.8 Å². The number of hydrogen-bond acceptors (Lipinski definition) is 4. The minimum absolute atomic E-state index is 0.108. The Kier molecular flexibility index (Phi) is 11.5. The van der Waals surface area contributed by atoms with E-state index in [1.807, 2.05) is 64.1 Å². The third-order valence-corrected chi connectivity index (χ3v) is 9.21. The van der Waals surface area contributed by atoms with Gasteiger partial charge in [-0.25, -0.2) is 8.42 Å². The molecule has 1 atom stereocenters. The van der Waals surface area contributed by atoms with Gasteiger partial charge in [0, 0.05) is 13.1 Å². The van der Waals surface area contributed by atoms with Crippen molar-refractivity contribution in [2.45, 2.75) is 71.2 Å². The standard InChI is InChI=1S/C33H43N3O4S/c1-6-8-22-34-33(38)30(7-2)35(23-21-28-14-10-9-11-15-28)32(37)24-36(31-16-12-13-26(4)27(31)5)41(39,40)29-19-17-25(3)18-20-29/h9-20,30H,6-8,21-24H2,1-5H3,(H,34,38). The molecule has 0 aliphatic carbocycles. The second-order valence-corrected chi connectivity index (χ2v) is 12.3. The number of benzene rings is 3. The molecule has 0 aliphatic rings. The molecular formula is C33H43N3O4S. The van der Waals surface area contributed by atoms with Crippen molar-refractivity contribution in [3.63, 3.8) is 0 Å². The van der Waals surface area contributed by atoms with E-state index in [0.29, 0.717) is 25.1 Å². The quantitative estimate of drug-likeness (QED) is 0.254. The van der Waals surface area contributed by atoms with Crippen LogP contribution in [0.25, 0.3) is 0 Å². The van der Waals surface area contributed by atoms with Crippen molar-refractivity contribution in [2.75, 3.05) is 23.9 Å². The van der Waals surface area contributed by atoms with Crippen molar-refractivity contribution >= 4 is 27.5 Å². The maximum absolute atomic E-state index is 14.2. The maximum atomic E-state index is 14.2. The molecule has 41 heavy (non-hydrogen) atoms. The van der Waals surface area contributed by atoms with Gasteiger partial charge in [0.1, 0.15) is 12.6 Å². The zero-order chi connectivity index (χ0) is 30.0. The summed E-state index contributed by atoms with van der Waals surface area (Å²) in [5.41, 5.74) is 4.11. The normalized spacial score (nSPS) is 12.0. The Hall–Kier alpha value is -3.65. The molecule has 8 heteroatoms. The Balaban J connectivity index is 2.02. The smallest absolute Gasteiger partial charge is 0.264 e. The van der Waals surface area contributed by atoms with Crippen molar-refractivity contribution < 1.29 is 18.0 Å². The summed E-state index contributed by atoms with van der Waals surface area (Å²) in [4.78, 5) is 29.1. The second-order valence-electron chi connectivity index (χ2n) is 10.4. The van der Waals surface area contributed by atoms with Gasteiger partial charge < -0.3 is 10.2 Å². The third-order valence-electron chi connectivity index (χ3n) is 7.43. The first-order chi connectivity index (χ1) is 19.6. The van der Waals surface area contributed by atoms with E-state index >= 15 is 0 Å². The van der Waals surface area contributed by atoms with E-state index in [0.717, 1.165) is 35.1 Å². The largest absolute Gasteiger partial charge is 0.354 e. The van der Waals surface area contributed by atoms with Gasteiger partial charge in [-0.15, -0.1) is 0 Å². The number of aryl methyl sites for hydroxylation is 2. The van der Waals surface area contributed by atoms with Gasteiger partial charge in [0.05, 0.1) is 10.6 Å². The molecular weight excluding hydrogens is 534 g/mol. The molecule has 3 aromatic rings. The van der Waals surface area contributed by atoms with Crippen LogP contribution in [0.1, 0.15) is 55.4 Å². The summed E-state index contributed by atoms with van der Waals surface area (Å²) in [5.74, 6) is -0.642. The number of nitrogens with one attached hydrogen (secondary N) is 1. The van der Waals surface area contributed by atoms with Crippen LogP contribution < -0.4 is 9.62 Å². The monoisotopic (exact) mass is 577 g/mol. The summed E-state index contributed by atoms with van der Waals surface area (Å²) in [6.45, 7) is 9.98. The molecule has 0 saturated carbocycles. The molecule has 1 N–H and O–H groups in total. The fourth-order valence-corrected chi connectivity index (χ4v) is 6.23. The minimum atomic E-state index is -4.09. The molecule has 220 valence electrons. The van der Waals surface area contributed by atoms with Crippen molar-refractivity contribution in [1.29, 1.82) is 0 Å². The van der Waals surface area contributed by atoms with Gasteiger partial charge in [-0.3, -0.25) is 13.9 Å². The van der Waals surface area contributed by atoms with E-state index in [-0.39, 0.29) is 17.3 Å². The first kappa shape index (κ1) is 31.9. The topological polar surface area (TPSA) is 86.8 Å². The lowest BCUT2D eigenvalue weighted by Crippen LogP contribution is -2.53. The number of unbranched alkanes of at least 4 members (excludes halogenated alkanes) is 1. The first-order valence-corrected chi connectivity index (χ1v) is 15.8. The first-order valence-electron chi connectivity index (χ1n) is 14.4. The number of rotatable bonds is 14. The van der Waals surface area contributed by atoms with E-state index in [9.17, 15) is 18.0 Å². The fourth-order valence-electron chi connectivity index (χ4n) is 4.76. The SMILES string of the molecule is CCCCNC(=O)C(CC)N(CCc1ccccc1)C(=O)CN(c1cccc(C)c1C)S(=O)(=O)c1ccc(C)cc1. The summed E-state index contributed by atoms with van der Waals surface area (Å²) in [6, 6.07) is 21.1. The fraction of sp³-hybridized carbons (Fsp3) is 0.394. The number of carbonyl (C=O) groups is 2. The van der Waals surface area contributed by atoms with E-state index in [1.165, 1.54) is 4.31 Å². The van der Waals surface area contributed by atoms with Gasteiger partial charge in [0.2, 0.25) is 11.8 Å². The summed E-state index contributed by atoms with van der Waals surface area (Å²) in [5, 5.41) is 2.97. The summed E-state index contributed by atoms with van der Waals surface area (Å²) in [7, 11) is -4.09. The molecule has 3 rings (SSSR count). The van der Waals surface area contributed by atoms with E-state index < -0.39 is 28.5 Å². The van der Waals surface area contributed by atoms with Gasteiger partial charge in [-0.2, -0.15) is 0 Å². The van der Waals surface area contributed by atoms with E-state index in [2.05, 4.69) is 12.2 Å². The van der Waals surface area contributed by atoms with Crippen molar-refractivity contribution in [1.82, 2.24) is 10.2 Å².